The van der Waals surface area contributed by atoms with Gasteiger partial charge in [-0.25, -0.2) is 0 Å². The SMILES string of the molecule is CSc1ccccc1C(=O)NCC1CCN(C(=O)/C=C/c2ccco2)CC1. The van der Waals surface area contributed by atoms with E-state index >= 15 is 0 Å². The second kappa shape index (κ2) is 9.46. The van der Waals surface area contributed by atoms with E-state index < -0.39 is 0 Å². The highest BCUT2D eigenvalue weighted by Crippen LogP contribution is 2.21. The van der Waals surface area contributed by atoms with Crippen LogP contribution < -0.4 is 5.32 Å². The fourth-order valence-electron chi connectivity index (χ4n) is 3.17. The van der Waals surface area contributed by atoms with Gasteiger partial charge in [0.15, 0.2) is 0 Å². The van der Waals surface area contributed by atoms with Gasteiger partial charge in [-0.1, -0.05) is 12.1 Å². The number of thioether (sulfide) groups is 1. The number of carbonyl (C=O) groups is 2. The molecule has 0 aliphatic carbocycles. The van der Waals surface area contributed by atoms with Crippen molar-refractivity contribution in [1.82, 2.24) is 10.2 Å². The van der Waals surface area contributed by atoms with Crippen LogP contribution in [-0.2, 0) is 4.79 Å². The molecule has 0 radical (unpaired) electrons. The standard InChI is InChI=1S/C21H24N2O3S/c1-27-19-7-3-2-6-18(19)21(25)22-15-16-10-12-23(13-11-16)20(24)9-8-17-5-4-14-26-17/h2-9,14,16H,10-13,15H2,1H3,(H,22,25)/b9-8+. The van der Waals surface area contributed by atoms with Gasteiger partial charge in [0.05, 0.1) is 11.8 Å². The molecule has 0 bridgehead atoms. The molecule has 3 rings (SSSR count). The number of rotatable bonds is 6. The summed E-state index contributed by atoms with van der Waals surface area (Å²) in [5.74, 6) is 1.04. The summed E-state index contributed by atoms with van der Waals surface area (Å²) < 4.78 is 5.20. The van der Waals surface area contributed by atoms with E-state index in [2.05, 4.69) is 5.32 Å². The number of furan rings is 1. The summed E-state index contributed by atoms with van der Waals surface area (Å²) in [4.78, 5) is 27.5. The van der Waals surface area contributed by atoms with Gasteiger partial charge >= 0.3 is 0 Å². The number of hydrogen-bond donors (Lipinski definition) is 1. The van der Waals surface area contributed by atoms with Crippen molar-refractivity contribution >= 4 is 29.7 Å². The second-order valence-electron chi connectivity index (χ2n) is 6.53. The second-order valence-corrected chi connectivity index (χ2v) is 7.38. The monoisotopic (exact) mass is 384 g/mol. The van der Waals surface area contributed by atoms with E-state index in [9.17, 15) is 9.59 Å². The van der Waals surface area contributed by atoms with Gasteiger partial charge in [0.1, 0.15) is 5.76 Å². The Balaban J connectivity index is 1.44. The van der Waals surface area contributed by atoms with Crippen molar-refractivity contribution in [3.05, 3.63) is 60.1 Å². The molecule has 0 unspecified atom stereocenters. The van der Waals surface area contributed by atoms with Gasteiger partial charge in [0.2, 0.25) is 5.91 Å². The zero-order valence-corrected chi connectivity index (χ0v) is 16.2. The van der Waals surface area contributed by atoms with Crippen molar-refractivity contribution in [2.24, 2.45) is 5.92 Å². The number of nitrogens with one attached hydrogen (secondary N) is 1. The number of hydrogen-bond acceptors (Lipinski definition) is 4. The van der Waals surface area contributed by atoms with Crippen molar-refractivity contribution in [3.63, 3.8) is 0 Å². The predicted molar refractivity (Wildman–Crippen MR) is 108 cm³/mol. The summed E-state index contributed by atoms with van der Waals surface area (Å²) in [5.41, 5.74) is 0.723. The first-order chi connectivity index (χ1) is 13.2. The Hall–Kier alpha value is -2.47. The highest BCUT2D eigenvalue weighted by Gasteiger charge is 2.22. The molecule has 5 nitrogen and oxygen atoms in total. The van der Waals surface area contributed by atoms with Crippen LogP contribution in [0.5, 0.6) is 0 Å². The fraction of sp³-hybridized carbons (Fsp3) is 0.333. The molecule has 1 aliphatic rings. The minimum absolute atomic E-state index is 0.00258. The maximum absolute atomic E-state index is 12.4. The fourth-order valence-corrected chi connectivity index (χ4v) is 3.76. The third-order valence-corrected chi connectivity index (χ3v) is 5.56. The van der Waals surface area contributed by atoms with Gasteiger partial charge in [-0.3, -0.25) is 9.59 Å². The average molecular weight is 385 g/mol. The summed E-state index contributed by atoms with van der Waals surface area (Å²) in [5, 5.41) is 3.05. The number of benzene rings is 1. The van der Waals surface area contributed by atoms with Crippen LogP contribution in [0.25, 0.3) is 6.08 Å². The van der Waals surface area contributed by atoms with E-state index in [1.54, 1.807) is 36.2 Å². The van der Waals surface area contributed by atoms with Crippen molar-refractivity contribution < 1.29 is 14.0 Å². The summed E-state index contributed by atoms with van der Waals surface area (Å²) in [6, 6.07) is 11.2. The highest BCUT2D eigenvalue weighted by molar-refractivity contribution is 7.98. The number of carbonyl (C=O) groups excluding carboxylic acids is 2. The molecule has 27 heavy (non-hydrogen) atoms. The van der Waals surface area contributed by atoms with Crippen molar-refractivity contribution in [1.29, 1.82) is 0 Å². The topological polar surface area (TPSA) is 62.6 Å². The van der Waals surface area contributed by atoms with Crippen LogP contribution in [0.4, 0.5) is 0 Å². The summed E-state index contributed by atoms with van der Waals surface area (Å²) in [7, 11) is 0. The Kier molecular flexibility index (Phi) is 6.76. The molecular weight excluding hydrogens is 360 g/mol. The largest absolute Gasteiger partial charge is 0.465 e. The molecule has 1 saturated heterocycles. The summed E-state index contributed by atoms with van der Waals surface area (Å²) in [6.45, 7) is 2.07. The molecule has 1 fully saturated rings. The van der Waals surface area contributed by atoms with Crippen LogP contribution in [0.1, 0.15) is 29.0 Å². The van der Waals surface area contributed by atoms with Gasteiger partial charge < -0.3 is 14.6 Å². The van der Waals surface area contributed by atoms with Crippen LogP contribution in [-0.4, -0.2) is 42.6 Å². The van der Waals surface area contributed by atoms with E-state index in [1.165, 1.54) is 0 Å². The van der Waals surface area contributed by atoms with Crippen LogP contribution in [0.15, 0.2) is 58.1 Å². The van der Waals surface area contributed by atoms with Gasteiger partial charge in [-0.15, -0.1) is 11.8 Å². The molecule has 1 N–H and O–H groups in total. The first-order valence-electron chi connectivity index (χ1n) is 9.09. The third kappa shape index (κ3) is 5.26. The lowest BCUT2D eigenvalue weighted by Crippen LogP contribution is -2.41. The molecule has 0 saturated carbocycles. The average Bonchev–Trinajstić information content (AvgIpc) is 3.24. The van der Waals surface area contributed by atoms with E-state index in [-0.39, 0.29) is 11.8 Å². The van der Waals surface area contributed by atoms with Crippen molar-refractivity contribution in [3.8, 4) is 0 Å². The van der Waals surface area contributed by atoms with Gasteiger partial charge in [-0.2, -0.15) is 0 Å². The molecule has 1 aliphatic heterocycles. The third-order valence-electron chi connectivity index (χ3n) is 4.76. The van der Waals surface area contributed by atoms with E-state index in [0.29, 0.717) is 31.3 Å². The molecule has 0 spiro atoms. The zero-order chi connectivity index (χ0) is 19.1. The van der Waals surface area contributed by atoms with E-state index in [1.807, 2.05) is 41.5 Å². The maximum Gasteiger partial charge on any atom is 0.252 e. The lowest BCUT2D eigenvalue weighted by Gasteiger charge is -2.31. The molecule has 2 amide bonds. The molecule has 6 heteroatoms. The van der Waals surface area contributed by atoms with E-state index in [0.717, 1.165) is 23.3 Å². The number of nitrogens with zero attached hydrogens (tertiary/aromatic N) is 1. The summed E-state index contributed by atoms with van der Waals surface area (Å²) >= 11 is 1.57. The maximum atomic E-state index is 12.4. The minimum atomic E-state index is -0.0279. The summed E-state index contributed by atoms with van der Waals surface area (Å²) in [6.07, 6.45) is 8.59. The first kappa shape index (κ1) is 19.3. The van der Waals surface area contributed by atoms with Crippen LogP contribution >= 0.6 is 11.8 Å². The van der Waals surface area contributed by atoms with Crippen molar-refractivity contribution in [2.75, 3.05) is 25.9 Å². The minimum Gasteiger partial charge on any atom is -0.465 e. The van der Waals surface area contributed by atoms with Crippen LogP contribution in [0.2, 0.25) is 0 Å². The number of likely N-dealkylation sites (tertiary alicyclic amines) is 1. The Bertz CT molecular complexity index is 794. The molecule has 1 aromatic heterocycles. The Morgan fingerprint density at radius 3 is 2.70 bits per heavy atom. The van der Waals surface area contributed by atoms with Crippen LogP contribution in [0, 0.1) is 5.92 Å². The van der Waals surface area contributed by atoms with Gasteiger partial charge in [0, 0.05) is 30.6 Å². The van der Waals surface area contributed by atoms with Crippen LogP contribution in [0.3, 0.4) is 0 Å². The molecule has 0 atom stereocenters. The lowest BCUT2D eigenvalue weighted by molar-refractivity contribution is -0.127. The van der Waals surface area contributed by atoms with Crippen molar-refractivity contribution in [2.45, 2.75) is 17.7 Å². The predicted octanol–water partition coefficient (Wildman–Crippen LogP) is 3.68. The smallest absolute Gasteiger partial charge is 0.252 e. The molecular formula is C21H24N2O3S. The first-order valence-corrected chi connectivity index (χ1v) is 10.3. The van der Waals surface area contributed by atoms with E-state index in [4.69, 9.17) is 4.42 Å². The van der Waals surface area contributed by atoms with Gasteiger partial charge in [0.25, 0.3) is 5.91 Å². The Labute approximate surface area is 163 Å². The molecule has 1 aromatic carbocycles. The Morgan fingerprint density at radius 1 is 1.22 bits per heavy atom. The van der Waals surface area contributed by atoms with Gasteiger partial charge in [-0.05, 0) is 55.4 Å². The Morgan fingerprint density at radius 2 is 2.00 bits per heavy atom. The molecule has 2 aromatic rings. The highest BCUT2D eigenvalue weighted by atomic mass is 32.2. The zero-order valence-electron chi connectivity index (χ0n) is 15.4. The normalized spacial score (nSPS) is 15.2. The lowest BCUT2D eigenvalue weighted by atomic mass is 9.96. The number of amides is 2. The number of piperidine rings is 1. The quantitative estimate of drug-likeness (QED) is 0.610. The molecule has 2 heterocycles. The molecule has 142 valence electrons.